The van der Waals surface area contributed by atoms with Crippen molar-refractivity contribution in [2.45, 2.75) is 84.4 Å². The third-order valence-electron chi connectivity index (χ3n) is 3.90. The van der Waals surface area contributed by atoms with Crippen LogP contribution in [0.25, 0.3) is 0 Å². The van der Waals surface area contributed by atoms with Crippen LogP contribution < -0.4 is 0 Å². The summed E-state index contributed by atoms with van der Waals surface area (Å²) in [5.74, 6) is 0. The zero-order chi connectivity index (χ0) is 16.3. The number of hydrogen-bond acceptors (Lipinski definition) is 0. The molecule has 127 valence electrons. The van der Waals surface area contributed by atoms with E-state index in [1.54, 1.807) is 12.3 Å². The molecule has 0 aromatic carbocycles. The first-order valence-electron chi connectivity index (χ1n) is 7.73. The van der Waals surface area contributed by atoms with Crippen molar-refractivity contribution in [3.8, 4) is 0 Å². The van der Waals surface area contributed by atoms with Crippen LogP contribution in [0.2, 0.25) is 0 Å². The second-order valence-electron chi connectivity index (χ2n) is 6.67. The number of halogens is 2. The summed E-state index contributed by atoms with van der Waals surface area (Å²) in [7, 11) is -0.217. The van der Waals surface area contributed by atoms with E-state index in [0.717, 1.165) is 33.8 Å². The summed E-state index contributed by atoms with van der Waals surface area (Å²) in [6, 6.07) is 0. The van der Waals surface area contributed by atoms with Gasteiger partial charge < -0.3 is 0 Å². The van der Waals surface area contributed by atoms with E-state index in [1.807, 2.05) is 0 Å². The summed E-state index contributed by atoms with van der Waals surface area (Å²) in [6.07, 6.45) is 4.61. The Labute approximate surface area is 151 Å². The van der Waals surface area contributed by atoms with Crippen LogP contribution in [0.4, 0.5) is 0 Å². The summed E-state index contributed by atoms with van der Waals surface area (Å²) >= 11 is 7.12. The van der Waals surface area contributed by atoms with Crippen molar-refractivity contribution in [3.05, 3.63) is 0 Å². The molecule has 20 heavy (non-hydrogen) atoms. The van der Waals surface area contributed by atoms with Crippen LogP contribution in [0, 0.1) is 0 Å². The van der Waals surface area contributed by atoms with Crippen molar-refractivity contribution in [1.29, 1.82) is 0 Å². The Bertz CT molecular complexity index is 176. The van der Waals surface area contributed by atoms with Gasteiger partial charge in [0.1, 0.15) is 0 Å². The zero-order valence-electron chi connectivity index (χ0n) is 14.5. The van der Waals surface area contributed by atoms with E-state index in [9.17, 15) is 0 Å². The molecule has 0 saturated heterocycles. The van der Waals surface area contributed by atoms with Gasteiger partial charge >= 0.3 is 39.5 Å². The van der Waals surface area contributed by atoms with E-state index in [2.05, 4.69) is 83.7 Å². The van der Waals surface area contributed by atoms with Crippen LogP contribution in [0.3, 0.4) is 0 Å². The van der Waals surface area contributed by atoms with Crippen molar-refractivity contribution in [1.82, 2.24) is 0 Å². The Morgan fingerprint density at radius 3 is 1.00 bits per heavy atom. The van der Waals surface area contributed by atoms with Crippen LogP contribution >= 0.6 is 44.2 Å². The Morgan fingerprint density at radius 1 is 0.650 bits per heavy atom. The topological polar surface area (TPSA) is 0 Å². The Hall–Kier alpha value is 2.33. The fourth-order valence-electron chi connectivity index (χ4n) is 2.98. The maximum absolute atomic E-state index is 3.03. The van der Waals surface area contributed by atoms with E-state index in [4.69, 9.17) is 0 Å². The molecule has 0 radical (unpaired) electrons. The molecule has 0 fully saturated rings. The van der Waals surface area contributed by atoms with E-state index < -0.39 is 0 Å². The van der Waals surface area contributed by atoms with Crippen molar-refractivity contribution in [2.75, 3.05) is 12.3 Å². The van der Waals surface area contributed by atoms with Gasteiger partial charge in [0.15, 0.2) is 0 Å². The SMILES string of the molecule is CC(C)[PH+](CCC[PH+](C(C)C)C(C)C)C(C)C.[Br][Co][Br]. The molecular weight excluding hydrogens is 461 g/mol. The Balaban J connectivity index is 0. The van der Waals surface area contributed by atoms with Crippen molar-refractivity contribution < 1.29 is 11.1 Å². The van der Waals surface area contributed by atoms with Gasteiger partial charge in [-0.3, -0.25) is 0 Å². The molecule has 0 unspecified atom stereocenters. The van der Waals surface area contributed by atoms with Gasteiger partial charge in [0.05, 0.1) is 35.0 Å². The summed E-state index contributed by atoms with van der Waals surface area (Å²) < 4.78 is 0. The van der Waals surface area contributed by atoms with Gasteiger partial charge in [0.25, 0.3) is 0 Å². The van der Waals surface area contributed by atoms with Gasteiger partial charge in [-0.1, -0.05) is 0 Å². The van der Waals surface area contributed by atoms with Crippen LogP contribution in [-0.4, -0.2) is 35.0 Å². The molecular formula is C15H36Br2CoP2+2. The van der Waals surface area contributed by atoms with E-state index in [0.29, 0.717) is 0 Å². The van der Waals surface area contributed by atoms with E-state index in [1.165, 1.54) is 6.42 Å². The molecule has 0 aromatic rings. The first-order chi connectivity index (χ1) is 9.18. The second kappa shape index (κ2) is 14.9. The van der Waals surface area contributed by atoms with Gasteiger partial charge in [0, 0.05) is 22.3 Å². The monoisotopic (exact) mass is 495 g/mol. The molecule has 0 nitrogen and oxygen atoms in total. The second-order valence-corrected chi connectivity index (χ2v) is 19.8. The van der Waals surface area contributed by atoms with Gasteiger partial charge in [0.2, 0.25) is 0 Å². The molecule has 0 amide bonds. The predicted molar refractivity (Wildman–Crippen MR) is 109 cm³/mol. The van der Waals surface area contributed by atoms with Gasteiger partial charge in [-0.2, -0.15) is 0 Å². The fraction of sp³-hybridized carbons (Fsp3) is 1.00. The average molecular weight is 497 g/mol. The quantitative estimate of drug-likeness (QED) is 0.313. The Morgan fingerprint density at radius 2 is 0.850 bits per heavy atom. The normalized spacial score (nSPS) is 12.2. The molecule has 0 N–H and O–H groups in total. The summed E-state index contributed by atoms with van der Waals surface area (Å²) in [5.41, 5.74) is 3.81. The summed E-state index contributed by atoms with van der Waals surface area (Å²) in [6.45, 7) is 19.5. The molecule has 0 rings (SSSR count). The van der Waals surface area contributed by atoms with Gasteiger partial charge in [-0.05, 0) is 55.4 Å². The molecule has 0 aromatic heterocycles. The van der Waals surface area contributed by atoms with E-state index >= 15 is 0 Å². The molecule has 0 spiro atoms. The van der Waals surface area contributed by atoms with E-state index in [-0.39, 0.29) is 15.8 Å². The third kappa shape index (κ3) is 12.8. The molecule has 0 atom stereocenters. The molecule has 5 heteroatoms. The molecule has 0 aliphatic rings. The van der Waals surface area contributed by atoms with Gasteiger partial charge in [-0.25, -0.2) is 0 Å². The third-order valence-corrected chi connectivity index (χ3v) is 11.7. The molecule has 0 aliphatic carbocycles. The van der Waals surface area contributed by atoms with Crippen LogP contribution in [0.15, 0.2) is 0 Å². The molecule has 0 bridgehead atoms. The molecule has 0 heterocycles. The van der Waals surface area contributed by atoms with Crippen molar-refractivity contribution >= 4 is 44.2 Å². The van der Waals surface area contributed by atoms with Crippen molar-refractivity contribution in [3.63, 3.8) is 0 Å². The maximum atomic E-state index is 3.03. The number of hydrogen-bond donors (Lipinski definition) is 0. The van der Waals surface area contributed by atoms with Crippen molar-refractivity contribution in [2.24, 2.45) is 0 Å². The first kappa shape index (κ1) is 24.6. The van der Waals surface area contributed by atoms with Gasteiger partial charge in [-0.15, -0.1) is 0 Å². The summed E-state index contributed by atoms with van der Waals surface area (Å²) in [4.78, 5) is 0. The zero-order valence-corrected chi connectivity index (χ0v) is 20.7. The van der Waals surface area contributed by atoms with Crippen LogP contribution in [-0.2, 0) is 11.1 Å². The fourth-order valence-corrected chi connectivity index (χ4v) is 9.48. The standard InChI is InChI=1S/C15H34P2.2BrH.Co/c1-12(2)16(13(3)4)10-9-11-17(14(5)6)15(7)8;;;/h12-15H,9-11H2,1-8H3;2*1H;/q;;;+2. The molecule has 0 aliphatic heterocycles. The number of rotatable bonds is 8. The minimum absolute atomic E-state index is 0.109. The van der Waals surface area contributed by atoms with Crippen LogP contribution in [0.1, 0.15) is 61.8 Å². The minimum atomic E-state index is -0.109. The predicted octanol–water partition coefficient (Wildman–Crippen LogP) is 7.13. The Kier molecular flexibility index (Phi) is 18.3. The average Bonchev–Trinajstić information content (AvgIpc) is 2.27. The first-order valence-corrected chi connectivity index (χ1v) is 16.6. The molecule has 0 saturated carbocycles. The van der Waals surface area contributed by atoms with Crippen LogP contribution in [0.5, 0.6) is 0 Å². The summed E-state index contributed by atoms with van der Waals surface area (Å²) in [5, 5.41) is 0.